The van der Waals surface area contributed by atoms with Crippen molar-refractivity contribution in [3.63, 3.8) is 0 Å². The third-order valence-electron chi connectivity index (χ3n) is 5.06. The first-order chi connectivity index (χ1) is 15.7. The molecule has 0 aliphatic carbocycles. The predicted octanol–water partition coefficient (Wildman–Crippen LogP) is 7.15. The molecule has 0 atom stereocenters. The van der Waals surface area contributed by atoms with E-state index in [0.717, 1.165) is 42.4 Å². The highest BCUT2D eigenvalue weighted by Crippen LogP contribution is 2.46. The van der Waals surface area contributed by atoms with Crippen molar-refractivity contribution in [3.8, 4) is 28.5 Å². The molecular formula is C25H16N2O2S3. The van der Waals surface area contributed by atoms with Gasteiger partial charge in [0.25, 0.3) is 0 Å². The molecule has 0 saturated heterocycles. The van der Waals surface area contributed by atoms with Gasteiger partial charge in [0, 0.05) is 33.3 Å². The maximum absolute atomic E-state index is 11.1. The molecule has 4 nitrogen and oxygen atoms in total. The summed E-state index contributed by atoms with van der Waals surface area (Å²) in [6, 6.07) is 26.6. The van der Waals surface area contributed by atoms with Crippen molar-refractivity contribution >= 4 is 51.5 Å². The second kappa shape index (κ2) is 8.67. The van der Waals surface area contributed by atoms with Crippen LogP contribution in [-0.4, -0.2) is 15.0 Å². The van der Waals surface area contributed by atoms with Crippen molar-refractivity contribution in [3.05, 3.63) is 87.9 Å². The molecule has 0 amide bonds. The number of rotatable bonds is 6. The van der Waals surface area contributed by atoms with Crippen molar-refractivity contribution < 1.29 is 9.90 Å². The van der Waals surface area contributed by atoms with Crippen LogP contribution in [0.5, 0.6) is 0 Å². The van der Waals surface area contributed by atoms with E-state index in [-0.39, 0.29) is 6.42 Å². The number of carbonyl (C=O) groups is 1. The minimum atomic E-state index is -0.830. The summed E-state index contributed by atoms with van der Waals surface area (Å²) in [6.45, 7) is 0. The monoisotopic (exact) mass is 472 g/mol. The Morgan fingerprint density at radius 2 is 1.81 bits per heavy atom. The molecule has 0 bridgehead atoms. The third-order valence-corrected chi connectivity index (χ3v) is 8.11. The Labute approximate surface area is 197 Å². The molecule has 0 radical (unpaired) electrons. The number of fused-ring (bicyclic) bond motifs is 1. The lowest BCUT2D eigenvalue weighted by atomic mass is 9.99. The molecular weight excluding hydrogens is 456 g/mol. The number of aromatic nitrogens is 1. The van der Waals surface area contributed by atoms with E-state index in [9.17, 15) is 10.1 Å². The predicted molar refractivity (Wildman–Crippen MR) is 132 cm³/mol. The average Bonchev–Trinajstić information content (AvgIpc) is 3.52. The summed E-state index contributed by atoms with van der Waals surface area (Å²) in [5.74, 6) is -0.830. The molecule has 0 fully saturated rings. The maximum Gasteiger partial charge on any atom is 0.308 e. The normalized spacial score (nSPS) is 11.0. The maximum atomic E-state index is 11.1. The molecule has 5 aromatic rings. The summed E-state index contributed by atoms with van der Waals surface area (Å²) in [6.07, 6.45) is 0.0227. The summed E-state index contributed by atoms with van der Waals surface area (Å²) in [5, 5.41) is 21.9. The number of para-hydroxylation sites is 1. The zero-order valence-electron chi connectivity index (χ0n) is 16.7. The van der Waals surface area contributed by atoms with Crippen LogP contribution in [0.4, 0.5) is 0 Å². The van der Waals surface area contributed by atoms with E-state index in [2.05, 4.69) is 34.3 Å². The van der Waals surface area contributed by atoms with Crippen LogP contribution < -0.4 is 0 Å². The Bertz CT molecular complexity index is 1470. The molecule has 0 aliphatic heterocycles. The van der Waals surface area contributed by atoms with E-state index in [1.807, 2.05) is 53.9 Å². The number of aliphatic carboxylic acids is 1. The highest BCUT2D eigenvalue weighted by molar-refractivity contribution is 8.00. The molecule has 0 unspecified atom stereocenters. The SMILES string of the molecule is N#Cc1sccc1-c1c(-c2ccccc2)n(Sc2ccc(CC(=O)O)s2)c2ccccc12. The number of carboxylic acid groups (broad SMARTS) is 1. The van der Waals surface area contributed by atoms with Gasteiger partial charge >= 0.3 is 5.97 Å². The van der Waals surface area contributed by atoms with E-state index < -0.39 is 5.97 Å². The lowest BCUT2D eigenvalue weighted by Crippen LogP contribution is -1.96. The van der Waals surface area contributed by atoms with Gasteiger partial charge in [-0.15, -0.1) is 22.7 Å². The van der Waals surface area contributed by atoms with Gasteiger partial charge in [0.15, 0.2) is 0 Å². The zero-order chi connectivity index (χ0) is 22.1. The molecule has 5 rings (SSSR count). The number of nitrogens with zero attached hydrogens (tertiary/aromatic N) is 2. The van der Waals surface area contributed by atoms with Gasteiger partial charge in [-0.05, 0) is 35.2 Å². The van der Waals surface area contributed by atoms with Crippen LogP contribution in [0, 0.1) is 11.3 Å². The van der Waals surface area contributed by atoms with E-state index >= 15 is 0 Å². The fourth-order valence-electron chi connectivity index (χ4n) is 3.77. The molecule has 2 aromatic carbocycles. The molecule has 0 spiro atoms. The number of hydrogen-bond donors (Lipinski definition) is 1. The number of thiophene rings is 2. The second-order valence-corrected chi connectivity index (χ2v) is 10.4. The molecule has 1 N–H and O–H groups in total. The molecule has 3 aromatic heterocycles. The summed E-state index contributed by atoms with van der Waals surface area (Å²) in [5.41, 5.74) is 5.11. The first-order valence-electron chi connectivity index (χ1n) is 9.81. The standard InChI is InChI=1S/C25H16N2O2S3/c26-15-21-19(12-13-30-21)24-18-8-4-5-9-20(18)27(25(24)16-6-2-1-3-7-16)32-23-11-10-17(31-23)14-22(28)29/h1-13H,14H2,(H,28,29). The van der Waals surface area contributed by atoms with Crippen molar-refractivity contribution in [2.75, 3.05) is 0 Å². The number of hydrogen-bond acceptors (Lipinski definition) is 5. The Balaban J connectivity index is 1.76. The quantitative estimate of drug-likeness (QED) is 0.285. The Hall–Kier alpha value is -3.31. The summed E-state index contributed by atoms with van der Waals surface area (Å²) >= 11 is 4.52. The summed E-state index contributed by atoms with van der Waals surface area (Å²) < 4.78 is 3.21. The minimum absolute atomic E-state index is 0.0227. The highest BCUT2D eigenvalue weighted by atomic mass is 32.2. The molecule has 0 saturated carbocycles. The lowest BCUT2D eigenvalue weighted by Gasteiger charge is -2.11. The Morgan fingerprint density at radius 1 is 1.03 bits per heavy atom. The molecule has 3 heterocycles. The van der Waals surface area contributed by atoms with Crippen LogP contribution in [0.15, 0.2) is 82.4 Å². The number of nitriles is 1. The van der Waals surface area contributed by atoms with Crippen molar-refractivity contribution in [1.29, 1.82) is 5.26 Å². The summed E-state index contributed by atoms with van der Waals surface area (Å²) in [4.78, 5) is 12.6. The van der Waals surface area contributed by atoms with E-state index in [4.69, 9.17) is 5.11 Å². The van der Waals surface area contributed by atoms with Crippen LogP contribution >= 0.6 is 34.6 Å². The summed E-state index contributed by atoms with van der Waals surface area (Å²) in [7, 11) is 0. The fraction of sp³-hybridized carbons (Fsp3) is 0.0400. The molecule has 0 aliphatic rings. The van der Waals surface area contributed by atoms with Gasteiger partial charge in [-0.1, -0.05) is 48.5 Å². The molecule has 156 valence electrons. The van der Waals surface area contributed by atoms with Gasteiger partial charge < -0.3 is 5.11 Å². The number of carboxylic acids is 1. The van der Waals surface area contributed by atoms with Gasteiger partial charge in [-0.3, -0.25) is 8.77 Å². The highest BCUT2D eigenvalue weighted by Gasteiger charge is 2.23. The van der Waals surface area contributed by atoms with Gasteiger partial charge in [0.05, 0.1) is 21.8 Å². The smallest absolute Gasteiger partial charge is 0.308 e. The van der Waals surface area contributed by atoms with Crippen LogP contribution in [0.2, 0.25) is 0 Å². The first-order valence-corrected chi connectivity index (χ1v) is 12.3. The molecule has 7 heteroatoms. The largest absolute Gasteiger partial charge is 0.481 e. The fourth-order valence-corrected chi connectivity index (χ4v) is 6.74. The number of benzene rings is 2. The average molecular weight is 473 g/mol. The van der Waals surface area contributed by atoms with Gasteiger partial charge in [0.1, 0.15) is 10.9 Å². The van der Waals surface area contributed by atoms with Gasteiger partial charge in [-0.2, -0.15) is 5.26 Å². The van der Waals surface area contributed by atoms with Crippen LogP contribution in [-0.2, 0) is 11.2 Å². The molecule has 32 heavy (non-hydrogen) atoms. The second-order valence-electron chi connectivity index (χ2n) is 7.06. The minimum Gasteiger partial charge on any atom is -0.481 e. The van der Waals surface area contributed by atoms with Crippen molar-refractivity contribution in [1.82, 2.24) is 3.97 Å². The van der Waals surface area contributed by atoms with Crippen molar-refractivity contribution in [2.24, 2.45) is 0 Å². The van der Waals surface area contributed by atoms with Gasteiger partial charge in [-0.25, -0.2) is 0 Å². The van der Waals surface area contributed by atoms with Crippen LogP contribution in [0.25, 0.3) is 33.3 Å². The van der Waals surface area contributed by atoms with E-state index in [0.29, 0.717) is 4.88 Å². The van der Waals surface area contributed by atoms with E-state index in [1.54, 1.807) is 11.9 Å². The topological polar surface area (TPSA) is 66.0 Å². The van der Waals surface area contributed by atoms with Crippen LogP contribution in [0.1, 0.15) is 9.75 Å². The third kappa shape index (κ3) is 3.73. The Morgan fingerprint density at radius 3 is 2.59 bits per heavy atom. The zero-order valence-corrected chi connectivity index (χ0v) is 19.1. The van der Waals surface area contributed by atoms with Crippen LogP contribution in [0.3, 0.4) is 0 Å². The van der Waals surface area contributed by atoms with Crippen molar-refractivity contribution in [2.45, 2.75) is 10.6 Å². The lowest BCUT2D eigenvalue weighted by molar-refractivity contribution is -0.136. The first kappa shape index (κ1) is 20.6. The van der Waals surface area contributed by atoms with E-state index in [1.165, 1.54) is 22.7 Å². The Kier molecular flexibility index (Phi) is 5.58. The van der Waals surface area contributed by atoms with Gasteiger partial charge in [0.2, 0.25) is 0 Å².